The Morgan fingerprint density at radius 3 is 2.15 bits per heavy atom. The molecule has 0 N–H and O–H groups in total. The van der Waals surface area contributed by atoms with E-state index in [9.17, 15) is 0 Å². The molecule has 0 bridgehead atoms. The molecule has 2 fully saturated rings. The SMILES string of the molecule is CC(C)(C)[Si](C)(C)OCc1ccc(OCC2CCN(CC3CC3)CC2)cc1. The monoisotopic (exact) mass is 389 g/mol. The highest BCUT2D eigenvalue weighted by molar-refractivity contribution is 6.74. The van der Waals surface area contributed by atoms with Crippen LogP contribution in [-0.2, 0) is 11.0 Å². The van der Waals surface area contributed by atoms with Gasteiger partial charge in [0.1, 0.15) is 5.75 Å². The molecule has 4 heteroatoms. The van der Waals surface area contributed by atoms with Crippen LogP contribution in [0.4, 0.5) is 0 Å². The number of likely N-dealkylation sites (tertiary alicyclic amines) is 1. The van der Waals surface area contributed by atoms with E-state index in [1.807, 2.05) is 0 Å². The van der Waals surface area contributed by atoms with Crippen molar-refractivity contribution in [2.75, 3.05) is 26.2 Å². The zero-order chi connectivity index (χ0) is 19.5. The average molecular weight is 390 g/mol. The van der Waals surface area contributed by atoms with Crippen molar-refractivity contribution in [2.24, 2.45) is 11.8 Å². The highest BCUT2D eigenvalue weighted by Gasteiger charge is 2.37. The first kappa shape index (κ1) is 20.9. The molecule has 1 saturated heterocycles. The lowest BCUT2D eigenvalue weighted by Crippen LogP contribution is -2.40. The smallest absolute Gasteiger partial charge is 0.192 e. The minimum absolute atomic E-state index is 0.254. The first-order valence-electron chi connectivity index (χ1n) is 10.8. The first-order valence-corrected chi connectivity index (χ1v) is 13.7. The van der Waals surface area contributed by atoms with Crippen LogP contribution in [0.2, 0.25) is 18.1 Å². The van der Waals surface area contributed by atoms with Crippen molar-refractivity contribution >= 4 is 8.32 Å². The molecule has 1 heterocycles. The lowest BCUT2D eigenvalue weighted by atomic mass is 9.97. The van der Waals surface area contributed by atoms with Gasteiger partial charge in [0, 0.05) is 6.54 Å². The molecule has 1 aromatic rings. The van der Waals surface area contributed by atoms with Crippen molar-refractivity contribution in [1.29, 1.82) is 0 Å². The Morgan fingerprint density at radius 2 is 1.59 bits per heavy atom. The van der Waals surface area contributed by atoms with Crippen LogP contribution in [0.25, 0.3) is 0 Å². The second kappa shape index (κ2) is 8.67. The summed E-state index contributed by atoms with van der Waals surface area (Å²) in [7, 11) is -1.69. The summed E-state index contributed by atoms with van der Waals surface area (Å²) < 4.78 is 12.4. The third-order valence-corrected chi connectivity index (χ3v) is 11.2. The third kappa shape index (κ3) is 6.33. The Labute approximate surface area is 167 Å². The lowest BCUT2D eigenvalue weighted by molar-refractivity contribution is 0.138. The number of ether oxygens (including phenoxy) is 1. The minimum Gasteiger partial charge on any atom is -0.493 e. The van der Waals surface area contributed by atoms with E-state index in [0.29, 0.717) is 12.5 Å². The molecule has 1 aliphatic heterocycles. The van der Waals surface area contributed by atoms with E-state index >= 15 is 0 Å². The molecular formula is C23H39NO2Si. The van der Waals surface area contributed by atoms with Gasteiger partial charge in [-0.2, -0.15) is 0 Å². The fourth-order valence-corrected chi connectivity index (χ4v) is 4.34. The van der Waals surface area contributed by atoms with E-state index in [0.717, 1.165) is 18.3 Å². The molecule has 1 aliphatic carbocycles. The van der Waals surface area contributed by atoms with Gasteiger partial charge in [-0.15, -0.1) is 0 Å². The fourth-order valence-electron chi connectivity index (χ4n) is 3.38. The lowest BCUT2D eigenvalue weighted by Gasteiger charge is -2.36. The standard InChI is InChI=1S/C23H39NO2Si/c1-23(2,3)27(4,5)26-18-20-8-10-22(11-9-20)25-17-21-12-14-24(15-13-21)16-19-6-7-19/h8-11,19,21H,6-7,12-18H2,1-5H3. The largest absolute Gasteiger partial charge is 0.493 e. The van der Waals surface area contributed by atoms with Crippen LogP contribution in [0.15, 0.2) is 24.3 Å². The molecule has 2 aliphatic rings. The quantitative estimate of drug-likeness (QED) is 0.532. The van der Waals surface area contributed by atoms with Crippen LogP contribution in [0.3, 0.4) is 0 Å². The Bertz CT molecular complexity index is 581. The molecule has 1 saturated carbocycles. The van der Waals surface area contributed by atoms with E-state index in [1.54, 1.807) is 0 Å². The van der Waals surface area contributed by atoms with Gasteiger partial charge < -0.3 is 14.1 Å². The average Bonchev–Trinajstić information content (AvgIpc) is 3.43. The van der Waals surface area contributed by atoms with Crippen molar-refractivity contribution < 1.29 is 9.16 Å². The van der Waals surface area contributed by atoms with Crippen LogP contribution in [0.1, 0.15) is 52.0 Å². The maximum atomic E-state index is 6.31. The van der Waals surface area contributed by atoms with Crippen LogP contribution < -0.4 is 4.74 Å². The van der Waals surface area contributed by atoms with Crippen LogP contribution in [0, 0.1) is 11.8 Å². The number of rotatable bonds is 8. The van der Waals surface area contributed by atoms with Crippen molar-refractivity contribution in [1.82, 2.24) is 4.90 Å². The molecule has 0 unspecified atom stereocenters. The Morgan fingerprint density at radius 1 is 0.963 bits per heavy atom. The summed E-state index contributed by atoms with van der Waals surface area (Å²) in [5.41, 5.74) is 1.24. The molecule has 0 amide bonds. The van der Waals surface area contributed by atoms with Gasteiger partial charge in [-0.3, -0.25) is 0 Å². The van der Waals surface area contributed by atoms with Gasteiger partial charge in [-0.1, -0.05) is 32.9 Å². The Balaban J connectivity index is 1.38. The summed E-state index contributed by atoms with van der Waals surface area (Å²) in [6.45, 7) is 16.9. The summed E-state index contributed by atoms with van der Waals surface area (Å²) in [6.07, 6.45) is 5.48. The zero-order valence-electron chi connectivity index (χ0n) is 18.1. The minimum atomic E-state index is -1.69. The maximum absolute atomic E-state index is 6.31. The summed E-state index contributed by atoms with van der Waals surface area (Å²) in [5, 5.41) is 0.254. The number of hydrogen-bond donors (Lipinski definition) is 0. The first-order chi connectivity index (χ1) is 12.7. The molecule has 0 radical (unpaired) electrons. The molecule has 152 valence electrons. The van der Waals surface area contributed by atoms with Crippen LogP contribution in [-0.4, -0.2) is 39.5 Å². The van der Waals surface area contributed by atoms with Crippen molar-refractivity contribution in [3.63, 3.8) is 0 Å². The predicted octanol–water partition coefficient (Wildman–Crippen LogP) is 5.71. The second-order valence-electron chi connectivity index (χ2n) is 10.2. The molecule has 0 spiro atoms. The molecule has 3 rings (SSSR count). The molecule has 0 aromatic heterocycles. The number of nitrogens with zero attached hydrogens (tertiary/aromatic N) is 1. The van der Waals surface area contributed by atoms with Crippen molar-refractivity contribution in [3.8, 4) is 5.75 Å². The van der Waals surface area contributed by atoms with E-state index in [-0.39, 0.29) is 5.04 Å². The van der Waals surface area contributed by atoms with Gasteiger partial charge in [-0.05, 0) is 86.4 Å². The molecule has 27 heavy (non-hydrogen) atoms. The molecular weight excluding hydrogens is 350 g/mol. The summed E-state index contributed by atoms with van der Waals surface area (Å²) in [6, 6.07) is 8.51. The molecule has 0 atom stereocenters. The Hall–Kier alpha value is -0.843. The van der Waals surface area contributed by atoms with Gasteiger partial charge in [0.05, 0.1) is 13.2 Å². The van der Waals surface area contributed by atoms with Crippen LogP contribution in [0.5, 0.6) is 5.75 Å². The predicted molar refractivity (Wildman–Crippen MR) is 116 cm³/mol. The number of piperidine rings is 1. The summed E-state index contributed by atoms with van der Waals surface area (Å²) in [4.78, 5) is 2.66. The van der Waals surface area contributed by atoms with E-state index in [2.05, 4.69) is 63.0 Å². The Kier molecular flexibility index (Phi) is 6.70. The number of benzene rings is 1. The van der Waals surface area contributed by atoms with Gasteiger partial charge in [-0.25, -0.2) is 0 Å². The van der Waals surface area contributed by atoms with E-state index < -0.39 is 8.32 Å². The summed E-state index contributed by atoms with van der Waals surface area (Å²) >= 11 is 0. The topological polar surface area (TPSA) is 21.7 Å². The van der Waals surface area contributed by atoms with Crippen molar-refractivity contribution in [2.45, 2.75) is 71.2 Å². The highest BCUT2D eigenvalue weighted by Crippen LogP contribution is 2.37. The fraction of sp³-hybridized carbons (Fsp3) is 0.739. The van der Waals surface area contributed by atoms with Gasteiger partial charge in [0.2, 0.25) is 0 Å². The van der Waals surface area contributed by atoms with Gasteiger partial charge >= 0.3 is 0 Å². The van der Waals surface area contributed by atoms with E-state index in [4.69, 9.17) is 9.16 Å². The van der Waals surface area contributed by atoms with Gasteiger partial charge in [0.15, 0.2) is 8.32 Å². The number of hydrogen-bond acceptors (Lipinski definition) is 3. The van der Waals surface area contributed by atoms with E-state index in [1.165, 1.54) is 50.9 Å². The van der Waals surface area contributed by atoms with Crippen LogP contribution >= 0.6 is 0 Å². The zero-order valence-corrected chi connectivity index (χ0v) is 19.1. The third-order valence-electron chi connectivity index (χ3n) is 6.74. The van der Waals surface area contributed by atoms with Crippen molar-refractivity contribution in [3.05, 3.63) is 29.8 Å². The van der Waals surface area contributed by atoms with Gasteiger partial charge in [0.25, 0.3) is 0 Å². The normalized spacial score (nSPS) is 20.0. The maximum Gasteiger partial charge on any atom is 0.192 e. The second-order valence-corrected chi connectivity index (χ2v) is 15.0. The molecule has 3 nitrogen and oxygen atoms in total. The summed E-state index contributed by atoms with van der Waals surface area (Å²) in [5.74, 6) is 2.71. The molecule has 1 aromatic carbocycles. The highest BCUT2D eigenvalue weighted by atomic mass is 28.4.